The topological polar surface area (TPSA) is 175 Å². The standard InChI is InChI=1S/C23H30N6O7/c1-22(2,3)19(14-7-13(34-4)5-6-15(14)29(32)33)35-10-23-20(24)25-11-26-21(23)28(12-27-23)18-8-16(31)17(9-30)36-18/h5-7,11-12,16-19,24,30-31H,8-10H2,1-4H3/t16-,17+,18+,19+,23?/m0/s1. The number of aliphatic hydroxyl groups excluding tert-OH is 2. The number of amidine groups is 2. The Morgan fingerprint density at radius 1 is 1.42 bits per heavy atom. The third kappa shape index (κ3) is 4.50. The van der Waals surface area contributed by atoms with Gasteiger partial charge in [-0.2, -0.15) is 0 Å². The summed E-state index contributed by atoms with van der Waals surface area (Å²) >= 11 is 0. The fourth-order valence-electron chi connectivity index (χ4n) is 4.55. The van der Waals surface area contributed by atoms with Gasteiger partial charge in [-0.3, -0.25) is 20.4 Å². The third-order valence-corrected chi connectivity index (χ3v) is 6.43. The summed E-state index contributed by atoms with van der Waals surface area (Å²) in [5.74, 6) is 0.659. The van der Waals surface area contributed by atoms with Crippen molar-refractivity contribution < 1.29 is 29.3 Å². The van der Waals surface area contributed by atoms with E-state index in [0.29, 0.717) is 17.1 Å². The molecule has 36 heavy (non-hydrogen) atoms. The van der Waals surface area contributed by atoms with Gasteiger partial charge in [0.25, 0.3) is 5.69 Å². The van der Waals surface area contributed by atoms with Gasteiger partial charge in [0.2, 0.25) is 5.54 Å². The molecule has 194 valence electrons. The van der Waals surface area contributed by atoms with Crippen molar-refractivity contribution >= 4 is 30.0 Å². The Labute approximate surface area is 207 Å². The van der Waals surface area contributed by atoms with E-state index in [-0.39, 0.29) is 31.2 Å². The Kier molecular flexibility index (Phi) is 6.92. The smallest absolute Gasteiger partial charge is 0.275 e. The van der Waals surface area contributed by atoms with Crippen LogP contribution in [0.25, 0.3) is 0 Å². The molecule has 0 aliphatic carbocycles. The molecule has 0 amide bonds. The number of hydrogen-bond acceptors (Lipinski definition) is 11. The lowest BCUT2D eigenvalue weighted by Crippen LogP contribution is -2.54. The molecule has 1 aromatic rings. The van der Waals surface area contributed by atoms with Gasteiger partial charge in [-0.15, -0.1) is 0 Å². The minimum absolute atomic E-state index is 0.112. The van der Waals surface area contributed by atoms with Crippen LogP contribution in [0.15, 0.2) is 33.2 Å². The number of methoxy groups -OCH3 is 1. The van der Waals surface area contributed by atoms with Crippen molar-refractivity contribution in [1.29, 1.82) is 5.41 Å². The molecule has 3 aliphatic rings. The van der Waals surface area contributed by atoms with Crippen molar-refractivity contribution in [3.8, 4) is 5.75 Å². The van der Waals surface area contributed by atoms with E-state index in [2.05, 4.69) is 15.0 Å². The molecule has 13 nitrogen and oxygen atoms in total. The monoisotopic (exact) mass is 502 g/mol. The minimum Gasteiger partial charge on any atom is -0.497 e. The van der Waals surface area contributed by atoms with Gasteiger partial charge in [0.15, 0.2) is 11.7 Å². The van der Waals surface area contributed by atoms with Crippen molar-refractivity contribution in [2.24, 2.45) is 20.4 Å². The van der Waals surface area contributed by atoms with E-state index in [4.69, 9.17) is 19.6 Å². The van der Waals surface area contributed by atoms with Gasteiger partial charge < -0.3 is 24.4 Å². The van der Waals surface area contributed by atoms with Crippen molar-refractivity contribution in [1.82, 2.24) is 4.90 Å². The SMILES string of the molecule is COc1ccc([N+](=O)[O-])c([C@@H](OCC23N=CN([C@H]4C[C@H](O)[C@@H](CO)O4)C2=NC=NC3=N)C(C)(C)C)c1. The maximum Gasteiger partial charge on any atom is 0.275 e. The molecule has 0 spiro atoms. The summed E-state index contributed by atoms with van der Waals surface area (Å²) in [4.78, 5) is 25.9. The zero-order valence-electron chi connectivity index (χ0n) is 20.5. The zero-order valence-corrected chi connectivity index (χ0v) is 20.5. The number of nitro groups is 1. The highest BCUT2D eigenvalue weighted by Gasteiger charge is 2.53. The van der Waals surface area contributed by atoms with Crippen molar-refractivity contribution in [3.63, 3.8) is 0 Å². The number of fused-ring (bicyclic) bond motifs is 1. The summed E-state index contributed by atoms with van der Waals surface area (Å²) in [5.41, 5.74) is -1.77. The summed E-state index contributed by atoms with van der Waals surface area (Å²) in [7, 11) is 1.48. The summed E-state index contributed by atoms with van der Waals surface area (Å²) in [6.07, 6.45) is -0.128. The van der Waals surface area contributed by atoms with Gasteiger partial charge in [-0.1, -0.05) is 20.8 Å². The minimum atomic E-state index is -1.41. The van der Waals surface area contributed by atoms with E-state index < -0.39 is 40.4 Å². The largest absolute Gasteiger partial charge is 0.497 e. The van der Waals surface area contributed by atoms with E-state index in [1.54, 1.807) is 11.0 Å². The first-order valence-electron chi connectivity index (χ1n) is 11.4. The molecular weight excluding hydrogens is 472 g/mol. The lowest BCUT2D eigenvalue weighted by atomic mass is 9.83. The Morgan fingerprint density at radius 3 is 2.78 bits per heavy atom. The number of nitrogens with one attached hydrogen (secondary N) is 1. The molecule has 0 bridgehead atoms. The van der Waals surface area contributed by atoms with Gasteiger partial charge in [0.1, 0.15) is 24.4 Å². The summed E-state index contributed by atoms with van der Waals surface area (Å²) in [5, 5.41) is 40.0. The first-order chi connectivity index (χ1) is 17.0. The van der Waals surface area contributed by atoms with Gasteiger partial charge in [0, 0.05) is 12.5 Å². The van der Waals surface area contributed by atoms with Crippen LogP contribution in [0, 0.1) is 20.9 Å². The first kappa shape index (κ1) is 25.8. The van der Waals surface area contributed by atoms with Gasteiger partial charge >= 0.3 is 0 Å². The predicted molar refractivity (Wildman–Crippen MR) is 131 cm³/mol. The summed E-state index contributed by atoms with van der Waals surface area (Å²) in [6.45, 7) is 5.16. The van der Waals surface area contributed by atoms with E-state index >= 15 is 0 Å². The van der Waals surface area contributed by atoms with Crippen LogP contribution in [0.3, 0.4) is 0 Å². The maximum atomic E-state index is 11.8. The van der Waals surface area contributed by atoms with Crippen LogP contribution in [0.5, 0.6) is 5.75 Å². The number of benzene rings is 1. The van der Waals surface area contributed by atoms with Crippen LogP contribution >= 0.6 is 0 Å². The lowest BCUT2D eigenvalue weighted by molar-refractivity contribution is -0.386. The van der Waals surface area contributed by atoms with Gasteiger partial charge in [0.05, 0.1) is 49.4 Å². The highest BCUT2D eigenvalue weighted by atomic mass is 16.6. The molecule has 0 saturated carbocycles. The molecule has 4 rings (SSSR count). The summed E-state index contributed by atoms with van der Waals surface area (Å²) in [6, 6.07) is 4.48. The molecule has 0 aromatic heterocycles. The number of aliphatic imine (C=N–C) groups is 3. The molecule has 3 heterocycles. The fourth-order valence-corrected chi connectivity index (χ4v) is 4.55. The molecule has 1 saturated heterocycles. The van der Waals surface area contributed by atoms with Crippen LogP contribution in [0.1, 0.15) is 38.9 Å². The molecule has 5 atom stereocenters. The van der Waals surface area contributed by atoms with E-state index in [0.717, 1.165) is 0 Å². The van der Waals surface area contributed by atoms with E-state index in [9.17, 15) is 20.3 Å². The highest BCUT2D eigenvalue weighted by molar-refractivity contribution is 6.24. The van der Waals surface area contributed by atoms with Crippen molar-refractivity contribution in [3.05, 3.63) is 33.9 Å². The number of rotatable bonds is 8. The highest BCUT2D eigenvalue weighted by Crippen LogP contribution is 2.43. The molecule has 13 heteroatoms. The number of hydrogen-bond donors (Lipinski definition) is 3. The number of aliphatic hydroxyl groups is 2. The quantitative estimate of drug-likeness (QED) is 0.355. The first-order valence-corrected chi connectivity index (χ1v) is 11.4. The van der Waals surface area contributed by atoms with Crippen LogP contribution in [0.2, 0.25) is 0 Å². The van der Waals surface area contributed by atoms with Crippen molar-refractivity contribution in [2.75, 3.05) is 20.3 Å². The molecule has 3 aliphatic heterocycles. The molecular formula is C23H30N6O7. The zero-order chi connectivity index (χ0) is 26.3. The Bertz CT molecular complexity index is 1130. The molecule has 1 unspecified atom stereocenters. The van der Waals surface area contributed by atoms with E-state index in [1.165, 1.54) is 31.9 Å². The Morgan fingerprint density at radius 2 is 2.17 bits per heavy atom. The van der Waals surface area contributed by atoms with Gasteiger partial charge in [-0.05, 0) is 17.5 Å². The molecule has 3 N–H and O–H groups in total. The van der Waals surface area contributed by atoms with E-state index in [1.807, 2.05) is 20.8 Å². The van der Waals surface area contributed by atoms with Crippen LogP contribution in [-0.2, 0) is 9.47 Å². The fraction of sp³-hybridized carbons (Fsp3) is 0.565. The second kappa shape index (κ2) is 9.65. The number of nitrogens with zero attached hydrogens (tertiary/aromatic N) is 5. The Hall–Kier alpha value is -3.26. The molecule has 0 radical (unpaired) electrons. The maximum absolute atomic E-state index is 11.8. The van der Waals surface area contributed by atoms with Gasteiger partial charge in [-0.25, -0.2) is 15.0 Å². The third-order valence-electron chi connectivity index (χ3n) is 6.43. The molecule has 1 aromatic carbocycles. The number of nitro benzene ring substituents is 1. The predicted octanol–water partition coefficient (Wildman–Crippen LogP) is 1.68. The van der Waals surface area contributed by atoms with Crippen LogP contribution in [0.4, 0.5) is 5.69 Å². The van der Waals surface area contributed by atoms with Crippen LogP contribution in [-0.4, -0.2) is 88.7 Å². The molecule has 1 fully saturated rings. The van der Waals surface area contributed by atoms with Crippen molar-refractivity contribution in [2.45, 2.75) is 57.3 Å². The normalized spacial score (nSPS) is 28.3. The average Bonchev–Trinajstić information content (AvgIpc) is 3.39. The van der Waals surface area contributed by atoms with Crippen LogP contribution < -0.4 is 4.74 Å². The average molecular weight is 503 g/mol. The summed E-state index contributed by atoms with van der Waals surface area (Å²) < 4.78 is 17.4. The second-order valence-corrected chi connectivity index (χ2v) is 9.91. The Balaban J connectivity index is 1.65. The second-order valence-electron chi connectivity index (χ2n) is 9.91. The lowest BCUT2D eigenvalue weighted by Gasteiger charge is -2.36. The number of ether oxygens (including phenoxy) is 3.